The summed E-state index contributed by atoms with van der Waals surface area (Å²) < 4.78 is 4.62. The fraction of sp³-hybridized carbons (Fsp3) is 0.0909. The first-order valence-corrected chi connectivity index (χ1v) is 6.39. The van der Waals surface area contributed by atoms with Crippen molar-refractivity contribution in [1.82, 2.24) is 20.2 Å². The first kappa shape index (κ1) is 11.5. The van der Waals surface area contributed by atoms with Crippen LogP contribution >= 0.6 is 22.9 Å². The molecule has 0 aliphatic rings. The van der Waals surface area contributed by atoms with Crippen LogP contribution in [0, 0.1) is 0 Å². The van der Waals surface area contributed by atoms with Crippen molar-refractivity contribution in [1.29, 1.82) is 0 Å². The number of benzene rings is 1. The highest BCUT2D eigenvalue weighted by atomic mass is 127. The zero-order valence-corrected chi connectivity index (χ0v) is 11.7. The van der Waals surface area contributed by atoms with Gasteiger partial charge in [0.15, 0.2) is 5.82 Å². The number of hydroxylamine groups is 1. The van der Waals surface area contributed by atoms with Gasteiger partial charge in [-0.15, -0.1) is 10.2 Å². The van der Waals surface area contributed by atoms with Crippen molar-refractivity contribution in [3.05, 3.63) is 30.6 Å². The van der Waals surface area contributed by atoms with Crippen LogP contribution in [0.3, 0.4) is 0 Å². The van der Waals surface area contributed by atoms with Crippen molar-refractivity contribution in [3.8, 4) is 0 Å². The molecular formula is C11H10IN5O. The van der Waals surface area contributed by atoms with Crippen molar-refractivity contribution < 1.29 is 4.94 Å². The van der Waals surface area contributed by atoms with Crippen LogP contribution in [0.5, 0.6) is 0 Å². The molecule has 0 spiro atoms. The van der Waals surface area contributed by atoms with Crippen LogP contribution < -0.4 is 13.9 Å². The molecule has 0 unspecified atom stereocenters. The molecule has 7 heteroatoms. The van der Waals surface area contributed by atoms with Crippen LogP contribution in [0.15, 0.2) is 30.6 Å². The Kier molecular flexibility index (Phi) is 2.92. The van der Waals surface area contributed by atoms with E-state index in [4.69, 9.17) is 4.94 Å². The largest absolute Gasteiger partial charge is 0.317 e. The fourth-order valence-electron chi connectivity index (χ4n) is 1.93. The number of rotatable bonds is 3. The average molecular weight is 355 g/mol. The number of hydrogen-bond donors (Lipinski definition) is 2. The third-order valence-electron chi connectivity index (χ3n) is 2.63. The zero-order chi connectivity index (χ0) is 12.5. The number of anilines is 1. The van der Waals surface area contributed by atoms with Gasteiger partial charge in [-0.2, -0.15) is 0 Å². The number of fused-ring (bicyclic) bond motifs is 3. The lowest BCUT2D eigenvalue weighted by Gasteiger charge is -2.07. The lowest BCUT2D eigenvalue weighted by Crippen LogP contribution is -2.22. The van der Waals surface area contributed by atoms with E-state index in [-0.39, 0.29) is 0 Å². The Labute approximate surface area is 117 Å². The highest BCUT2D eigenvalue weighted by molar-refractivity contribution is 14.1. The lowest BCUT2D eigenvalue weighted by molar-refractivity contribution is 0.0479. The predicted octanol–water partition coefficient (Wildman–Crippen LogP) is 1.91. The molecule has 1 aromatic carbocycles. The van der Waals surface area contributed by atoms with Crippen LogP contribution in [0.25, 0.3) is 21.9 Å². The van der Waals surface area contributed by atoms with Gasteiger partial charge in [0, 0.05) is 12.4 Å². The first-order valence-electron chi connectivity index (χ1n) is 5.31. The smallest absolute Gasteiger partial charge is 0.163 e. The fourth-order valence-corrected chi connectivity index (χ4v) is 2.31. The van der Waals surface area contributed by atoms with E-state index in [9.17, 15) is 0 Å². The molecule has 0 saturated carbocycles. The molecule has 6 nitrogen and oxygen atoms in total. The molecule has 0 amide bonds. The van der Waals surface area contributed by atoms with Gasteiger partial charge in [0.2, 0.25) is 0 Å². The van der Waals surface area contributed by atoms with Crippen molar-refractivity contribution in [2.45, 2.75) is 0 Å². The van der Waals surface area contributed by atoms with E-state index in [1.807, 2.05) is 47.1 Å². The Morgan fingerprint density at radius 2 is 2.17 bits per heavy atom. The number of imidazole rings is 1. The van der Waals surface area contributed by atoms with E-state index in [1.165, 1.54) is 0 Å². The highest BCUT2D eigenvalue weighted by Gasteiger charge is 2.13. The minimum absolute atomic E-state index is 0.725. The molecule has 2 N–H and O–H groups in total. The zero-order valence-electron chi connectivity index (χ0n) is 9.51. The first-order chi connectivity index (χ1) is 8.85. The summed E-state index contributed by atoms with van der Waals surface area (Å²) >= 11 is 2.05. The second kappa shape index (κ2) is 4.58. The highest BCUT2D eigenvalue weighted by Crippen LogP contribution is 2.28. The minimum Gasteiger partial charge on any atom is -0.317 e. The number of pyridine rings is 1. The Morgan fingerprint density at radius 1 is 1.33 bits per heavy atom. The molecule has 2 heterocycles. The third-order valence-corrected chi connectivity index (χ3v) is 3.14. The maximum absolute atomic E-state index is 5.31. The molecule has 18 heavy (non-hydrogen) atoms. The van der Waals surface area contributed by atoms with Crippen LogP contribution in [-0.4, -0.2) is 21.7 Å². The van der Waals surface area contributed by atoms with Crippen molar-refractivity contribution in [3.63, 3.8) is 0 Å². The molecule has 0 saturated heterocycles. The minimum atomic E-state index is 0.725. The molecule has 92 valence electrons. The molecule has 0 atom stereocenters. The number of nitrogens with zero attached hydrogens (tertiary/aromatic N) is 3. The third kappa shape index (κ3) is 1.66. The summed E-state index contributed by atoms with van der Waals surface area (Å²) in [6.07, 6.45) is 1.62. The van der Waals surface area contributed by atoms with Crippen LogP contribution in [0.4, 0.5) is 5.82 Å². The van der Waals surface area contributed by atoms with Gasteiger partial charge in [-0.05, 0) is 6.07 Å². The summed E-state index contributed by atoms with van der Waals surface area (Å²) in [7, 11) is 1.70. The van der Waals surface area contributed by atoms with E-state index < -0.39 is 0 Å². The number of halogens is 1. The summed E-state index contributed by atoms with van der Waals surface area (Å²) in [5, 5.41) is 0.996. The predicted molar refractivity (Wildman–Crippen MR) is 78.3 cm³/mol. The van der Waals surface area contributed by atoms with E-state index in [0.29, 0.717) is 0 Å². The second-order valence-electron chi connectivity index (χ2n) is 3.64. The molecule has 0 fully saturated rings. The van der Waals surface area contributed by atoms with E-state index in [1.54, 1.807) is 18.1 Å². The number of para-hydroxylation sites is 1. The summed E-state index contributed by atoms with van der Waals surface area (Å²) in [6.45, 7) is 0. The second-order valence-corrected chi connectivity index (χ2v) is 4.17. The molecule has 0 aliphatic heterocycles. The standard InChI is InChI=1S/C11H10IN5O/c1-13-18-17-6-14-9-10(17)7-4-2-3-5-8(7)15-11(9)16-12/h2-6,13H,1H3,(H,15,16). The monoisotopic (exact) mass is 355 g/mol. The average Bonchev–Trinajstić information content (AvgIpc) is 2.83. The Balaban J connectivity index is 2.44. The van der Waals surface area contributed by atoms with Crippen LogP contribution in [0.2, 0.25) is 0 Å². The maximum Gasteiger partial charge on any atom is 0.163 e. The van der Waals surface area contributed by atoms with Gasteiger partial charge in [0.25, 0.3) is 0 Å². The Bertz CT molecular complexity index is 711. The van der Waals surface area contributed by atoms with Gasteiger partial charge in [0.05, 0.1) is 28.4 Å². The SMILES string of the molecule is CNOn1cnc2c(NI)nc3ccccc3c21. The number of nitrogens with one attached hydrogen (secondary N) is 2. The van der Waals surface area contributed by atoms with Gasteiger partial charge in [-0.1, -0.05) is 18.2 Å². The lowest BCUT2D eigenvalue weighted by atomic mass is 10.2. The molecule has 3 aromatic rings. The van der Waals surface area contributed by atoms with Crippen molar-refractivity contribution >= 4 is 50.6 Å². The van der Waals surface area contributed by atoms with Gasteiger partial charge in [0.1, 0.15) is 17.4 Å². The van der Waals surface area contributed by atoms with Gasteiger partial charge >= 0.3 is 0 Å². The summed E-state index contributed by atoms with van der Waals surface area (Å²) in [5.41, 5.74) is 5.20. The molecule has 0 bridgehead atoms. The molecular weight excluding hydrogens is 345 g/mol. The normalized spacial score (nSPS) is 11.0. The molecule has 2 aromatic heterocycles. The maximum atomic E-state index is 5.31. The van der Waals surface area contributed by atoms with Crippen LogP contribution in [-0.2, 0) is 0 Å². The van der Waals surface area contributed by atoms with Gasteiger partial charge in [-0.25, -0.2) is 9.97 Å². The van der Waals surface area contributed by atoms with Crippen molar-refractivity contribution in [2.75, 3.05) is 10.6 Å². The summed E-state index contributed by atoms with van der Waals surface area (Å²) in [4.78, 5) is 14.2. The van der Waals surface area contributed by atoms with E-state index in [0.717, 1.165) is 27.8 Å². The van der Waals surface area contributed by atoms with Crippen molar-refractivity contribution in [2.24, 2.45) is 0 Å². The molecule has 0 radical (unpaired) electrons. The quantitative estimate of drug-likeness (QED) is 0.427. The van der Waals surface area contributed by atoms with Gasteiger partial charge < -0.3 is 8.47 Å². The summed E-state index contributed by atoms with van der Waals surface area (Å²) in [6, 6.07) is 7.89. The van der Waals surface area contributed by atoms with Crippen LogP contribution in [0.1, 0.15) is 0 Å². The molecule has 0 aliphatic carbocycles. The number of hydrogen-bond acceptors (Lipinski definition) is 5. The number of aromatic nitrogens is 3. The Hall–Kier alpha value is -1.61. The molecule has 3 rings (SSSR count). The summed E-state index contributed by atoms with van der Waals surface area (Å²) in [5.74, 6) is 0.725. The van der Waals surface area contributed by atoms with E-state index in [2.05, 4.69) is 19.0 Å². The Morgan fingerprint density at radius 3 is 2.94 bits per heavy atom. The van der Waals surface area contributed by atoms with E-state index >= 15 is 0 Å². The van der Waals surface area contributed by atoms with Gasteiger partial charge in [-0.3, -0.25) is 0 Å². The topological polar surface area (TPSA) is 64.0 Å².